The zero-order valence-corrected chi connectivity index (χ0v) is 15.1. The Morgan fingerprint density at radius 2 is 2.19 bits per heavy atom. The van der Waals surface area contributed by atoms with Crippen molar-refractivity contribution in [2.75, 3.05) is 18.5 Å². The van der Waals surface area contributed by atoms with Crippen molar-refractivity contribution in [3.63, 3.8) is 0 Å². The van der Waals surface area contributed by atoms with Crippen molar-refractivity contribution >= 4 is 23.2 Å². The number of ether oxygens (including phenoxy) is 1. The fourth-order valence-corrected chi connectivity index (χ4v) is 3.08. The fraction of sp³-hybridized carbons (Fsp3) is 0.300. The highest BCUT2D eigenvalue weighted by Crippen LogP contribution is 2.21. The number of hydrogen-bond donors (Lipinski definition) is 2. The molecule has 0 aromatic heterocycles. The van der Waals surface area contributed by atoms with Crippen LogP contribution in [0, 0.1) is 11.3 Å². The molecular weight excluding hydrogens is 350 g/mol. The summed E-state index contributed by atoms with van der Waals surface area (Å²) in [6.07, 6.45) is 2.18. The van der Waals surface area contributed by atoms with E-state index >= 15 is 0 Å². The molecule has 1 unspecified atom stereocenters. The molecule has 1 amide bonds. The summed E-state index contributed by atoms with van der Waals surface area (Å²) in [4.78, 5) is 12.3. The number of halogens is 1. The molecule has 6 heteroatoms. The van der Waals surface area contributed by atoms with Gasteiger partial charge >= 0.3 is 0 Å². The van der Waals surface area contributed by atoms with Gasteiger partial charge in [-0.1, -0.05) is 23.7 Å². The molecule has 0 radical (unpaired) electrons. The van der Waals surface area contributed by atoms with Gasteiger partial charge in [0.1, 0.15) is 6.07 Å². The lowest BCUT2D eigenvalue weighted by Crippen LogP contribution is -2.31. The summed E-state index contributed by atoms with van der Waals surface area (Å²) in [5.74, 6) is -0.0937. The van der Waals surface area contributed by atoms with Crippen LogP contribution in [-0.4, -0.2) is 25.2 Å². The van der Waals surface area contributed by atoms with Crippen LogP contribution in [-0.2, 0) is 11.3 Å². The number of amides is 1. The summed E-state index contributed by atoms with van der Waals surface area (Å²) in [6, 6.07) is 14.7. The average Bonchev–Trinajstić information content (AvgIpc) is 3.18. The molecule has 0 bridgehead atoms. The van der Waals surface area contributed by atoms with E-state index in [4.69, 9.17) is 21.6 Å². The van der Waals surface area contributed by atoms with E-state index < -0.39 is 0 Å². The van der Waals surface area contributed by atoms with Crippen molar-refractivity contribution in [1.82, 2.24) is 5.32 Å². The lowest BCUT2D eigenvalue weighted by Gasteiger charge is -2.12. The summed E-state index contributed by atoms with van der Waals surface area (Å²) in [6.45, 7) is 1.88. The Kier molecular flexibility index (Phi) is 6.11. The van der Waals surface area contributed by atoms with E-state index in [0.717, 1.165) is 30.7 Å². The lowest BCUT2D eigenvalue weighted by molar-refractivity contribution is 0.0857. The number of carbonyl (C=O) groups excluding carboxylic acids is 1. The van der Waals surface area contributed by atoms with Crippen LogP contribution in [0.1, 0.15) is 34.3 Å². The Labute approximate surface area is 157 Å². The van der Waals surface area contributed by atoms with E-state index in [-0.39, 0.29) is 12.0 Å². The molecule has 5 nitrogen and oxygen atoms in total. The number of hydrogen-bond acceptors (Lipinski definition) is 4. The Morgan fingerprint density at radius 1 is 1.31 bits per heavy atom. The van der Waals surface area contributed by atoms with Gasteiger partial charge in [-0.05, 0) is 48.7 Å². The molecule has 0 saturated carbocycles. The maximum atomic E-state index is 12.3. The van der Waals surface area contributed by atoms with Crippen molar-refractivity contribution < 1.29 is 9.53 Å². The predicted molar refractivity (Wildman–Crippen MR) is 101 cm³/mol. The molecule has 3 rings (SSSR count). The van der Waals surface area contributed by atoms with Crippen molar-refractivity contribution in [3.05, 3.63) is 64.2 Å². The number of carbonyl (C=O) groups is 1. The van der Waals surface area contributed by atoms with E-state index in [1.807, 2.05) is 30.3 Å². The van der Waals surface area contributed by atoms with Gasteiger partial charge in [0.25, 0.3) is 5.91 Å². The van der Waals surface area contributed by atoms with E-state index in [9.17, 15) is 4.79 Å². The molecule has 26 heavy (non-hydrogen) atoms. The highest BCUT2D eigenvalue weighted by Gasteiger charge is 2.16. The van der Waals surface area contributed by atoms with Gasteiger partial charge in [-0.25, -0.2) is 0 Å². The largest absolute Gasteiger partial charge is 0.381 e. The van der Waals surface area contributed by atoms with E-state index in [0.29, 0.717) is 29.2 Å². The summed E-state index contributed by atoms with van der Waals surface area (Å²) in [5.41, 5.74) is 2.87. The van der Waals surface area contributed by atoms with Crippen molar-refractivity contribution in [2.45, 2.75) is 25.5 Å². The second-order valence-corrected chi connectivity index (χ2v) is 6.61. The third-order valence-electron chi connectivity index (χ3n) is 4.29. The van der Waals surface area contributed by atoms with Crippen LogP contribution in [0.5, 0.6) is 0 Å². The molecule has 1 fully saturated rings. The standard InChI is InChI=1S/C20H20ClN3O2/c21-19-10-17(7-6-16(19)11-22)23-12-14-3-1-4-15(9-14)20(25)24-13-18-5-2-8-26-18/h1,3-4,6-7,9-10,18,23H,2,5,8,12-13H2,(H,24,25). The minimum absolute atomic E-state index is 0.0937. The predicted octanol–water partition coefficient (Wildman–Crippen LogP) is 3.73. The smallest absolute Gasteiger partial charge is 0.251 e. The normalized spacial score (nSPS) is 16.1. The van der Waals surface area contributed by atoms with Gasteiger partial charge < -0.3 is 15.4 Å². The van der Waals surface area contributed by atoms with Crippen molar-refractivity contribution in [1.29, 1.82) is 5.26 Å². The van der Waals surface area contributed by atoms with Gasteiger partial charge in [0.15, 0.2) is 0 Å². The molecule has 1 aliphatic rings. The number of benzene rings is 2. The number of anilines is 1. The summed E-state index contributed by atoms with van der Waals surface area (Å²) < 4.78 is 5.52. The molecule has 1 saturated heterocycles. The van der Waals surface area contributed by atoms with Gasteiger partial charge in [0, 0.05) is 30.9 Å². The summed E-state index contributed by atoms with van der Waals surface area (Å²) >= 11 is 6.04. The Balaban J connectivity index is 1.57. The number of nitrogens with one attached hydrogen (secondary N) is 2. The summed E-state index contributed by atoms with van der Waals surface area (Å²) in [5, 5.41) is 15.5. The maximum Gasteiger partial charge on any atom is 0.251 e. The van der Waals surface area contributed by atoms with Crippen LogP contribution < -0.4 is 10.6 Å². The molecule has 1 aliphatic heterocycles. The van der Waals surface area contributed by atoms with E-state index in [1.54, 1.807) is 18.2 Å². The van der Waals surface area contributed by atoms with Crippen LogP contribution in [0.2, 0.25) is 5.02 Å². The Hall–Kier alpha value is -2.55. The second-order valence-electron chi connectivity index (χ2n) is 6.21. The Bertz CT molecular complexity index is 826. The van der Waals surface area contributed by atoms with Crippen molar-refractivity contribution in [2.24, 2.45) is 0 Å². The first-order chi connectivity index (χ1) is 12.7. The van der Waals surface area contributed by atoms with Crippen LogP contribution in [0.25, 0.3) is 0 Å². The first kappa shape index (κ1) is 18.2. The molecule has 2 aromatic rings. The zero-order valence-electron chi connectivity index (χ0n) is 14.3. The average molecular weight is 370 g/mol. The van der Waals surface area contributed by atoms with Gasteiger partial charge in [0.05, 0.1) is 16.7 Å². The van der Waals surface area contributed by atoms with Gasteiger partial charge in [0.2, 0.25) is 0 Å². The van der Waals surface area contributed by atoms with Crippen molar-refractivity contribution in [3.8, 4) is 6.07 Å². The highest BCUT2D eigenvalue weighted by molar-refractivity contribution is 6.32. The fourth-order valence-electron chi connectivity index (χ4n) is 2.86. The van der Waals surface area contributed by atoms with Crippen LogP contribution in [0.15, 0.2) is 42.5 Å². The lowest BCUT2D eigenvalue weighted by atomic mass is 10.1. The first-order valence-corrected chi connectivity index (χ1v) is 8.96. The third-order valence-corrected chi connectivity index (χ3v) is 4.60. The van der Waals surface area contributed by atoms with Crippen LogP contribution in [0.4, 0.5) is 5.69 Å². The topological polar surface area (TPSA) is 74.2 Å². The van der Waals surface area contributed by atoms with E-state index in [1.165, 1.54) is 0 Å². The maximum absolute atomic E-state index is 12.3. The molecule has 1 atom stereocenters. The molecule has 0 aliphatic carbocycles. The number of nitriles is 1. The van der Waals surface area contributed by atoms with Gasteiger partial charge in [-0.3, -0.25) is 4.79 Å². The first-order valence-electron chi connectivity index (χ1n) is 8.58. The highest BCUT2D eigenvalue weighted by atomic mass is 35.5. The zero-order chi connectivity index (χ0) is 18.4. The van der Waals surface area contributed by atoms with Crippen LogP contribution in [0.3, 0.4) is 0 Å². The molecular formula is C20H20ClN3O2. The monoisotopic (exact) mass is 369 g/mol. The molecule has 1 heterocycles. The SMILES string of the molecule is N#Cc1ccc(NCc2cccc(C(=O)NCC3CCCO3)c2)cc1Cl. The van der Waals surface area contributed by atoms with Gasteiger partial charge in [-0.15, -0.1) is 0 Å². The quantitative estimate of drug-likeness (QED) is 0.813. The van der Waals surface area contributed by atoms with Gasteiger partial charge in [-0.2, -0.15) is 5.26 Å². The molecule has 2 N–H and O–H groups in total. The Morgan fingerprint density at radius 3 is 2.92 bits per heavy atom. The molecule has 0 spiro atoms. The molecule has 2 aromatic carbocycles. The van der Waals surface area contributed by atoms with Crippen LogP contribution >= 0.6 is 11.6 Å². The second kappa shape index (κ2) is 8.70. The van der Waals surface area contributed by atoms with E-state index in [2.05, 4.69) is 10.6 Å². The summed E-state index contributed by atoms with van der Waals surface area (Å²) in [7, 11) is 0. The third kappa shape index (κ3) is 4.75. The minimum Gasteiger partial charge on any atom is -0.381 e. The number of nitrogens with zero attached hydrogens (tertiary/aromatic N) is 1. The minimum atomic E-state index is -0.0937. The molecule has 134 valence electrons. The number of rotatable bonds is 6.